The van der Waals surface area contributed by atoms with Gasteiger partial charge in [0, 0.05) is 19.3 Å². The SMILES string of the molecule is O=C(CCc1ccccc1)NCC1CC(Cc2cccc(F)c2)=NO1. The summed E-state index contributed by atoms with van der Waals surface area (Å²) in [7, 11) is 0. The van der Waals surface area contributed by atoms with Crippen LogP contribution in [0.25, 0.3) is 0 Å². The van der Waals surface area contributed by atoms with E-state index in [1.165, 1.54) is 12.1 Å². The minimum absolute atomic E-state index is 0.00559. The van der Waals surface area contributed by atoms with Gasteiger partial charge in [0.1, 0.15) is 11.9 Å². The van der Waals surface area contributed by atoms with Crippen molar-refractivity contribution in [2.75, 3.05) is 6.54 Å². The van der Waals surface area contributed by atoms with Crippen LogP contribution in [0.4, 0.5) is 4.39 Å². The van der Waals surface area contributed by atoms with Gasteiger partial charge in [-0.1, -0.05) is 47.6 Å². The molecule has 0 saturated heterocycles. The first-order valence-electron chi connectivity index (χ1n) is 8.45. The second-order valence-corrected chi connectivity index (χ2v) is 6.19. The van der Waals surface area contributed by atoms with Gasteiger partial charge in [0.2, 0.25) is 5.91 Å². The number of oxime groups is 1. The third-order valence-corrected chi connectivity index (χ3v) is 4.10. The number of nitrogens with one attached hydrogen (secondary N) is 1. The molecule has 0 saturated carbocycles. The summed E-state index contributed by atoms with van der Waals surface area (Å²) in [5.74, 6) is -0.245. The molecule has 1 amide bonds. The van der Waals surface area contributed by atoms with E-state index in [-0.39, 0.29) is 17.8 Å². The van der Waals surface area contributed by atoms with E-state index in [0.717, 1.165) is 23.3 Å². The van der Waals surface area contributed by atoms with E-state index in [1.807, 2.05) is 36.4 Å². The van der Waals surface area contributed by atoms with Crippen LogP contribution in [0.15, 0.2) is 59.8 Å². The Morgan fingerprint density at radius 1 is 1.16 bits per heavy atom. The van der Waals surface area contributed by atoms with Crippen LogP contribution in [0, 0.1) is 5.82 Å². The van der Waals surface area contributed by atoms with Crippen molar-refractivity contribution in [2.24, 2.45) is 5.16 Å². The van der Waals surface area contributed by atoms with E-state index >= 15 is 0 Å². The predicted octanol–water partition coefficient (Wildman–Crippen LogP) is 3.26. The molecule has 2 aromatic rings. The third kappa shape index (κ3) is 5.41. The van der Waals surface area contributed by atoms with Gasteiger partial charge in [0.15, 0.2) is 0 Å². The van der Waals surface area contributed by atoms with Gasteiger partial charge in [-0.05, 0) is 29.7 Å². The standard InChI is InChI=1S/C20H21FN2O2/c21-17-8-4-7-16(11-17)12-18-13-19(25-23-18)14-22-20(24)10-9-15-5-2-1-3-6-15/h1-8,11,19H,9-10,12-14H2,(H,22,24). The van der Waals surface area contributed by atoms with Crippen LogP contribution in [0.1, 0.15) is 24.0 Å². The zero-order valence-corrected chi connectivity index (χ0v) is 14.0. The summed E-state index contributed by atoms with van der Waals surface area (Å²) >= 11 is 0. The Bertz CT molecular complexity index is 746. The lowest BCUT2D eigenvalue weighted by Crippen LogP contribution is -2.32. The van der Waals surface area contributed by atoms with Crippen molar-refractivity contribution in [1.29, 1.82) is 0 Å². The number of amides is 1. The Balaban J connectivity index is 1.37. The number of hydrogen-bond acceptors (Lipinski definition) is 3. The molecule has 0 aromatic heterocycles. The Morgan fingerprint density at radius 2 is 1.96 bits per heavy atom. The molecule has 0 radical (unpaired) electrons. The smallest absolute Gasteiger partial charge is 0.220 e. The van der Waals surface area contributed by atoms with Gasteiger partial charge < -0.3 is 10.2 Å². The molecule has 0 aliphatic carbocycles. The summed E-state index contributed by atoms with van der Waals surface area (Å²) in [4.78, 5) is 17.3. The van der Waals surface area contributed by atoms with Crippen molar-refractivity contribution in [3.63, 3.8) is 0 Å². The van der Waals surface area contributed by atoms with Gasteiger partial charge in [-0.15, -0.1) is 0 Å². The molecule has 25 heavy (non-hydrogen) atoms. The summed E-state index contributed by atoms with van der Waals surface area (Å²) in [5, 5.41) is 6.95. The molecule has 1 aliphatic heterocycles. The van der Waals surface area contributed by atoms with Crippen molar-refractivity contribution in [2.45, 2.75) is 31.8 Å². The topological polar surface area (TPSA) is 50.7 Å². The second-order valence-electron chi connectivity index (χ2n) is 6.19. The average molecular weight is 340 g/mol. The van der Waals surface area contributed by atoms with E-state index in [0.29, 0.717) is 25.8 Å². The fourth-order valence-corrected chi connectivity index (χ4v) is 2.80. The summed E-state index contributed by atoms with van der Waals surface area (Å²) in [6, 6.07) is 16.4. The molecule has 0 spiro atoms. The van der Waals surface area contributed by atoms with Gasteiger partial charge in [0.05, 0.1) is 12.3 Å². The number of rotatable bonds is 7. The van der Waals surface area contributed by atoms with Crippen molar-refractivity contribution < 1.29 is 14.0 Å². The van der Waals surface area contributed by atoms with Crippen LogP contribution in [0.2, 0.25) is 0 Å². The van der Waals surface area contributed by atoms with E-state index in [9.17, 15) is 9.18 Å². The predicted molar refractivity (Wildman–Crippen MR) is 94.8 cm³/mol. The van der Waals surface area contributed by atoms with Gasteiger partial charge >= 0.3 is 0 Å². The van der Waals surface area contributed by atoms with Crippen LogP contribution >= 0.6 is 0 Å². The van der Waals surface area contributed by atoms with Gasteiger partial charge in [-0.25, -0.2) is 4.39 Å². The molecule has 1 N–H and O–H groups in total. The highest BCUT2D eigenvalue weighted by Gasteiger charge is 2.21. The van der Waals surface area contributed by atoms with Crippen molar-refractivity contribution >= 4 is 11.6 Å². The lowest BCUT2D eigenvalue weighted by molar-refractivity contribution is -0.121. The van der Waals surface area contributed by atoms with E-state index in [1.54, 1.807) is 6.07 Å². The van der Waals surface area contributed by atoms with Gasteiger partial charge in [0.25, 0.3) is 0 Å². The highest BCUT2D eigenvalue weighted by Crippen LogP contribution is 2.15. The molecule has 130 valence electrons. The first-order chi connectivity index (χ1) is 12.2. The number of carbonyl (C=O) groups excluding carboxylic acids is 1. The molecular weight excluding hydrogens is 319 g/mol. The minimum atomic E-state index is -0.251. The summed E-state index contributed by atoms with van der Waals surface area (Å²) in [5.41, 5.74) is 2.89. The summed E-state index contributed by atoms with van der Waals surface area (Å²) in [6.07, 6.45) is 2.24. The molecule has 5 heteroatoms. The molecular formula is C20H21FN2O2. The molecule has 1 atom stereocenters. The summed E-state index contributed by atoms with van der Waals surface area (Å²) in [6.45, 7) is 0.434. The highest BCUT2D eigenvalue weighted by molar-refractivity contribution is 5.87. The number of halogens is 1. The highest BCUT2D eigenvalue weighted by atomic mass is 19.1. The van der Waals surface area contributed by atoms with Gasteiger partial charge in [-0.3, -0.25) is 4.79 Å². The molecule has 0 bridgehead atoms. The van der Waals surface area contributed by atoms with Crippen LogP contribution < -0.4 is 5.32 Å². The maximum Gasteiger partial charge on any atom is 0.220 e. The van der Waals surface area contributed by atoms with E-state index in [2.05, 4.69) is 10.5 Å². The fraction of sp³-hybridized carbons (Fsp3) is 0.300. The lowest BCUT2D eigenvalue weighted by atomic mass is 10.0. The van der Waals surface area contributed by atoms with Crippen molar-refractivity contribution in [3.05, 3.63) is 71.5 Å². The molecule has 3 rings (SSSR count). The molecule has 2 aromatic carbocycles. The Morgan fingerprint density at radius 3 is 2.76 bits per heavy atom. The Labute approximate surface area is 146 Å². The lowest BCUT2D eigenvalue weighted by Gasteiger charge is -2.10. The average Bonchev–Trinajstić information content (AvgIpc) is 3.06. The maximum atomic E-state index is 13.2. The van der Waals surface area contributed by atoms with Gasteiger partial charge in [-0.2, -0.15) is 0 Å². The van der Waals surface area contributed by atoms with Crippen LogP contribution in [0.3, 0.4) is 0 Å². The maximum absolute atomic E-state index is 13.2. The van der Waals surface area contributed by atoms with Crippen LogP contribution in [-0.4, -0.2) is 24.3 Å². The number of aryl methyl sites for hydroxylation is 1. The quantitative estimate of drug-likeness (QED) is 0.841. The van der Waals surface area contributed by atoms with Crippen LogP contribution in [-0.2, 0) is 22.5 Å². The zero-order valence-electron chi connectivity index (χ0n) is 14.0. The number of nitrogens with zero attached hydrogens (tertiary/aromatic N) is 1. The molecule has 0 fully saturated rings. The third-order valence-electron chi connectivity index (χ3n) is 4.10. The Hall–Kier alpha value is -2.69. The Kier molecular flexibility index (Phi) is 5.77. The van der Waals surface area contributed by atoms with E-state index in [4.69, 9.17) is 4.84 Å². The van der Waals surface area contributed by atoms with Crippen molar-refractivity contribution in [3.8, 4) is 0 Å². The number of carbonyl (C=O) groups is 1. The molecule has 1 aliphatic rings. The van der Waals surface area contributed by atoms with E-state index < -0.39 is 0 Å². The minimum Gasteiger partial charge on any atom is -0.390 e. The number of benzene rings is 2. The van der Waals surface area contributed by atoms with Crippen molar-refractivity contribution in [1.82, 2.24) is 5.32 Å². The molecule has 4 nitrogen and oxygen atoms in total. The monoisotopic (exact) mass is 340 g/mol. The second kappa shape index (κ2) is 8.42. The number of hydrogen-bond donors (Lipinski definition) is 1. The zero-order chi connectivity index (χ0) is 17.5. The fourth-order valence-electron chi connectivity index (χ4n) is 2.80. The first-order valence-corrected chi connectivity index (χ1v) is 8.45. The largest absolute Gasteiger partial charge is 0.390 e. The van der Waals surface area contributed by atoms with Crippen LogP contribution in [0.5, 0.6) is 0 Å². The molecule has 1 unspecified atom stereocenters. The first kappa shape index (κ1) is 17.1. The normalized spacial score (nSPS) is 16.2. The summed E-state index contributed by atoms with van der Waals surface area (Å²) < 4.78 is 13.2. The molecule has 1 heterocycles.